The van der Waals surface area contributed by atoms with E-state index in [2.05, 4.69) is 46.1 Å². The molecule has 0 unspecified atom stereocenters. The first-order valence-corrected chi connectivity index (χ1v) is 8.71. The Kier molecular flexibility index (Phi) is 4.12. The highest BCUT2D eigenvalue weighted by molar-refractivity contribution is 5.92. The predicted octanol–water partition coefficient (Wildman–Crippen LogP) is 1.31. The molecule has 3 heterocycles. The molecule has 1 aliphatic rings. The summed E-state index contributed by atoms with van der Waals surface area (Å²) in [5, 5.41) is 4.13. The van der Waals surface area contributed by atoms with Crippen molar-refractivity contribution in [2.75, 3.05) is 19.3 Å². The van der Waals surface area contributed by atoms with Gasteiger partial charge in [-0.2, -0.15) is 5.10 Å². The summed E-state index contributed by atoms with van der Waals surface area (Å²) in [6, 6.07) is 4.30. The lowest BCUT2D eigenvalue weighted by molar-refractivity contribution is 0.100. The maximum absolute atomic E-state index is 11.3. The zero-order chi connectivity index (χ0) is 19.1. The molecule has 4 rings (SSSR count). The van der Waals surface area contributed by atoms with Crippen molar-refractivity contribution in [1.29, 1.82) is 0 Å². The number of carbonyl (C=O) groups is 1. The monoisotopic (exact) mass is 363 g/mol. The summed E-state index contributed by atoms with van der Waals surface area (Å²) < 4.78 is 1.42. The number of nitrogens with two attached hydrogens (primary N) is 2. The van der Waals surface area contributed by atoms with Crippen LogP contribution >= 0.6 is 0 Å². The number of carbonyl (C=O) groups excluding carboxylic acids is 1. The Morgan fingerprint density at radius 3 is 2.81 bits per heavy atom. The average molecular weight is 363 g/mol. The number of hydrogen-bond acceptors (Lipinski definition) is 6. The van der Waals surface area contributed by atoms with E-state index in [0.717, 1.165) is 25.1 Å². The first-order valence-electron chi connectivity index (χ1n) is 8.71. The van der Waals surface area contributed by atoms with Crippen molar-refractivity contribution in [3.05, 3.63) is 53.0 Å². The van der Waals surface area contributed by atoms with Gasteiger partial charge in [0, 0.05) is 24.8 Å². The number of nitrogen functional groups attached to an aromatic ring is 1. The summed E-state index contributed by atoms with van der Waals surface area (Å²) in [5.41, 5.74) is 17.2. The molecule has 0 atom stereocenters. The Bertz CT molecular complexity index is 1040. The first-order chi connectivity index (χ1) is 12.9. The molecule has 1 amide bonds. The summed E-state index contributed by atoms with van der Waals surface area (Å²) in [7, 11) is 2.13. The molecule has 1 aliphatic heterocycles. The second-order valence-electron chi connectivity index (χ2n) is 6.92. The highest BCUT2D eigenvalue weighted by atomic mass is 16.1. The fraction of sp³-hybridized carbons (Fsp3) is 0.263. The summed E-state index contributed by atoms with van der Waals surface area (Å²) in [5.74, 6) is 0.0399. The highest BCUT2D eigenvalue weighted by Gasteiger charge is 2.18. The Morgan fingerprint density at radius 2 is 2.07 bits per heavy atom. The van der Waals surface area contributed by atoms with E-state index < -0.39 is 5.91 Å². The summed E-state index contributed by atoms with van der Waals surface area (Å²) in [6.45, 7) is 4.12. The van der Waals surface area contributed by atoms with E-state index in [1.165, 1.54) is 33.8 Å². The van der Waals surface area contributed by atoms with Gasteiger partial charge in [-0.15, -0.1) is 0 Å². The zero-order valence-electron chi connectivity index (χ0n) is 15.3. The van der Waals surface area contributed by atoms with Gasteiger partial charge < -0.3 is 16.4 Å². The van der Waals surface area contributed by atoms with Crippen LogP contribution in [0.25, 0.3) is 17.1 Å². The molecule has 27 heavy (non-hydrogen) atoms. The largest absolute Gasteiger partial charge is 0.381 e. The van der Waals surface area contributed by atoms with Gasteiger partial charge in [-0.25, -0.2) is 14.6 Å². The number of hydrogen-bond donors (Lipinski definition) is 2. The van der Waals surface area contributed by atoms with E-state index in [1.807, 2.05) is 0 Å². The third kappa shape index (κ3) is 3.15. The van der Waals surface area contributed by atoms with Gasteiger partial charge in [-0.05, 0) is 49.2 Å². The minimum absolute atomic E-state index is 0.229. The number of benzene rings is 1. The smallest absolute Gasteiger partial charge is 0.251 e. The lowest BCUT2D eigenvalue weighted by Crippen LogP contribution is -2.27. The Morgan fingerprint density at radius 1 is 1.26 bits per heavy atom. The number of aryl methyl sites for hydroxylation is 1. The highest BCUT2D eigenvalue weighted by Crippen LogP contribution is 2.29. The maximum Gasteiger partial charge on any atom is 0.251 e. The summed E-state index contributed by atoms with van der Waals surface area (Å²) in [4.78, 5) is 22.5. The second kappa shape index (κ2) is 6.48. The molecule has 0 saturated heterocycles. The molecule has 3 aromatic rings. The molecule has 0 bridgehead atoms. The van der Waals surface area contributed by atoms with Crippen LogP contribution in [0.3, 0.4) is 0 Å². The Labute approximate surface area is 156 Å². The van der Waals surface area contributed by atoms with E-state index >= 15 is 0 Å². The van der Waals surface area contributed by atoms with Crippen molar-refractivity contribution < 1.29 is 4.79 Å². The van der Waals surface area contributed by atoms with E-state index in [0.29, 0.717) is 11.5 Å². The van der Waals surface area contributed by atoms with Gasteiger partial charge in [0.2, 0.25) is 0 Å². The molecular formula is C19H21N7O. The molecule has 8 nitrogen and oxygen atoms in total. The number of likely N-dealkylation sites (N-methyl/N-ethyl adjacent to an activating group) is 1. The van der Waals surface area contributed by atoms with Crippen LogP contribution in [0.2, 0.25) is 0 Å². The van der Waals surface area contributed by atoms with Crippen LogP contribution < -0.4 is 11.5 Å². The number of amides is 1. The fourth-order valence-corrected chi connectivity index (χ4v) is 3.47. The van der Waals surface area contributed by atoms with E-state index in [9.17, 15) is 4.79 Å². The molecule has 138 valence electrons. The summed E-state index contributed by atoms with van der Waals surface area (Å²) in [6.07, 6.45) is 5.60. The summed E-state index contributed by atoms with van der Waals surface area (Å²) >= 11 is 0. The van der Waals surface area contributed by atoms with Crippen LogP contribution in [0, 0.1) is 6.92 Å². The van der Waals surface area contributed by atoms with Crippen LogP contribution in [-0.4, -0.2) is 44.1 Å². The van der Waals surface area contributed by atoms with Crippen LogP contribution in [0.4, 0.5) is 5.82 Å². The van der Waals surface area contributed by atoms with Crippen molar-refractivity contribution in [2.24, 2.45) is 5.73 Å². The maximum atomic E-state index is 11.3. The average Bonchev–Trinajstić information content (AvgIpc) is 3.12. The molecule has 1 aromatic carbocycles. The standard InChI is InChI=1S/C19H21N7O/c1-11-5-12(6-13-9-25(2)4-3-15(11)13)16-8-22-17(20)19(24-16)26-10-14(7-23-26)18(21)27/h5-8,10H,3-4,9H2,1-2H3,(H2,20,22)(H2,21,27). The predicted molar refractivity (Wildman–Crippen MR) is 102 cm³/mol. The number of rotatable bonds is 3. The van der Waals surface area contributed by atoms with Crippen molar-refractivity contribution in [3.63, 3.8) is 0 Å². The molecule has 8 heteroatoms. The Balaban J connectivity index is 1.78. The number of primary amides is 1. The van der Waals surface area contributed by atoms with E-state index in [-0.39, 0.29) is 11.4 Å². The number of anilines is 1. The molecule has 0 fully saturated rings. The second-order valence-corrected chi connectivity index (χ2v) is 6.92. The molecule has 0 spiro atoms. The van der Waals surface area contributed by atoms with Crippen LogP contribution in [0.1, 0.15) is 27.0 Å². The lowest BCUT2D eigenvalue weighted by Gasteiger charge is -2.27. The van der Waals surface area contributed by atoms with Crippen LogP contribution in [0.15, 0.2) is 30.7 Å². The number of nitrogens with zero attached hydrogens (tertiary/aromatic N) is 5. The quantitative estimate of drug-likeness (QED) is 0.725. The van der Waals surface area contributed by atoms with Gasteiger partial charge >= 0.3 is 0 Å². The van der Waals surface area contributed by atoms with Crippen molar-refractivity contribution in [3.8, 4) is 17.1 Å². The van der Waals surface area contributed by atoms with Crippen molar-refractivity contribution >= 4 is 11.7 Å². The molecule has 0 aliphatic carbocycles. The third-order valence-electron chi connectivity index (χ3n) is 4.91. The molecule has 4 N–H and O–H groups in total. The fourth-order valence-electron chi connectivity index (χ4n) is 3.47. The van der Waals surface area contributed by atoms with E-state index in [1.54, 1.807) is 6.20 Å². The topological polar surface area (TPSA) is 116 Å². The number of aromatic nitrogens is 4. The van der Waals surface area contributed by atoms with Gasteiger partial charge in [-0.1, -0.05) is 0 Å². The van der Waals surface area contributed by atoms with Gasteiger partial charge in [0.15, 0.2) is 11.6 Å². The minimum atomic E-state index is -0.557. The molecular weight excluding hydrogens is 342 g/mol. The lowest BCUT2D eigenvalue weighted by atomic mass is 9.92. The van der Waals surface area contributed by atoms with Gasteiger partial charge in [0.1, 0.15) is 0 Å². The minimum Gasteiger partial charge on any atom is -0.381 e. The normalized spacial score (nSPS) is 14.1. The van der Waals surface area contributed by atoms with Crippen molar-refractivity contribution in [1.82, 2.24) is 24.6 Å². The van der Waals surface area contributed by atoms with E-state index in [4.69, 9.17) is 11.5 Å². The van der Waals surface area contributed by atoms with Crippen molar-refractivity contribution in [2.45, 2.75) is 19.9 Å². The molecule has 0 saturated carbocycles. The first kappa shape index (κ1) is 17.2. The SMILES string of the molecule is Cc1cc(-c2cnc(N)c(-n3cc(C(N)=O)cn3)n2)cc2c1CCN(C)C2. The van der Waals surface area contributed by atoms with Crippen LogP contribution in [0.5, 0.6) is 0 Å². The zero-order valence-corrected chi connectivity index (χ0v) is 15.3. The van der Waals surface area contributed by atoms with Gasteiger partial charge in [0.05, 0.1) is 23.7 Å². The van der Waals surface area contributed by atoms with Crippen LogP contribution in [-0.2, 0) is 13.0 Å². The molecule has 2 aromatic heterocycles. The third-order valence-corrected chi connectivity index (χ3v) is 4.91. The molecule has 0 radical (unpaired) electrons. The van der Waals surface area contributed by atoms with Gasteiger partial charge in [0.25, 0.3) is 5.91 Å². The van der Waals surface area contributed by atoms with Gasteiger partial charge in [-0.3, -0.25) is 4.79 Å². The number of fused-ring (bicyclic) bond motifs is 1. The Hall–Kier alpha value is -3.26.